The van der Waals surface area contributed by atoms with E-state index in [0.717, 1.165) is 38.5 Å². The lowest BCUT2D eigenvalue weighted by Crippen LogP contribution is -2.43. The van der Waals surface area contributed by atoms with Crippen LogP contribution in [-0.4, -0.2) is 42.0 Å². The molecule has 0 saturated carbocycles. The van der Waals surface area contributed by atoms with Crippen LogP contribution in [0.25, 0.3) is 21.7 Å². The Morgan fingerprint density at radius 2 is 1.95 bits per heavy atom. The zero-order chi connectivity index (χ0) is 26.0. The van der Waals surface area contributed by atoms with E-state index in [1.165, 1.54) is 11.3 Å². The smallest absolute Gasteiger partial charge is 0.220 e. The molecule has 190 valence electrons. The maximum Gasteiger partial charge on any atom is 0.220 e. The summed E-state index contributed by atoms with van der Waals surface area (Å²) in [5.41, 5.74) is 3.47. The number of rotatable bonds is 8. The highest BCUT2D eigenvalue weighted by Crippen LogP contribution is 2.33. The molecule has 0 aliphatic carbocycles. The molecular formula is C27H28N6O3S. The molecule has 0 aliphatic rings. The summed E-state index contributed by atoms with van der Waals surface area (Å²) in [7, 11) is 0. The average molecular weight is 517 g/mol. The fourth-order valence-electron chi connectivity index (χ4n) is 4.15. The Labute approximate surface area is 218 Å². The molecule has 9 nitrogen and oxygen atoms in total. The van der Waals surface area contributed by atoms with Gasteiger partial charge in [0.2, 0.25) is 5.91 Å². The second kappa shape index (κ2) is 10.1. The third kappa shape index (κ3) is 5.69. The van der Waals surface area contributed by atoms with Gasteiger partial charge in [0.15, 0.2) is 16.6 Å². The Hall–Kier alpha value is -4.05. The number of benzene rings is 2. The maximum atomic E-state index is 12.1. The van der Waals surface area contributed by atoms with Crippen molar-refractivity contribution in [2.45, 2.75) is 52.8 Å². The lowest BCUT2D eigenvalue weighted by Gasteiger charge is -2.34. The van der Waals surface area contributed by atoms with Gasteiger partial charge < -0.3 is 14.1 Å². The number of thiazole rings is 1. The van der Waals surface area contributed by atoms with Crippen molar-refractivity contribution in [3.63, 3.8) is 0 Å². The van der Waals surface area contributed by atoms with E-state index in [1.54, 1.807) is 6.92 Å². The molecule has 1 amide bonds. The number of amides is 1. The lowest BCUT2D eigenvalue weighted by molar-refractivity contribution is -0.134. The zero-order valence-electron chi connectivity index (χ0n) is 21.2. The molecule has 2 aromatic carbocycles. The number of carbonyl (C=O) groups is 1. The van der Waals surface area contributed by atoms with Crippen molar-refractivity contribution in [2.24, 2.45) is 0 Å². The number of H-pyrrole nitrogens is 1. The normalized spacial score (nSPS) is 11.7. The number of aromatic nitrogens is 5. The molecular weight excluding hydrogens is 488 g/mol. The van der Waals surface area contributed by atoms with Gasteiger partial charge in [-0.3, -0.25) is 4.79 Å². The lowest BCUT2D eigenvalue weighted by atomic mass is 10.1. The molecule has 0 spiro atoms. The highest BCUT2D eigenvalue weighted by atomic mass is 32.1. The first-order valence-electron chi connectivity index (χ1n) is 11.9. The van der Waals surface area contributed by atoms with Gasteiger partial charge in [-0.05, 0) is 56.2 Å². The predicted octanol–water partition coefficient (Wildman–Crippen LogP) is 5.39. The first-order valence-corrected chi connectivity index (χ1v) is 12.8. The van der Waals surface area contributed by atoms with Crippen LogP contribution >= 0.6 is 11.3 Å². The molecule has 0 saturated heterocycles. The van der Waals surface area contributed by atoms with Crippen LogP contribution in [0.15, 0.2) is 58.3 Å². The van der Waals surface area contributed by atoms with E-state index >= 15 is 0 Å². The molecule has 5 aromatic rings. The van der Waals surface area contributed by atoms with E-state index in [4.69, 9.17) is 14.1 Å². The van der Waals surface area contributed by atoms with Gasteiger partial charge in [0.25, 0.3) is 0 Å². The van der Waals surface area contributed by atoms with Crippen molar-refractivity contribution in [3.05, 3.63) is 76.6 Å². The van der Waals surface area contributed by atoms with Gasteiger partial charge in [0.05, 0.1) is 12.2 Å². The predicted molar refractivity (Wildman–Crippen MR) is 141 cm³/mol. The van der Waals surface area contributed by atoms with Crippen LogP contribution in [-0.2, 0) is 24.4 Å². The second-order valence-corrected chi connectivity index (χ2v) is 10.7. The first-order chi connectivity index (χ1) is 17.8. The van der Waals surface area contributed by atoms with E-state index in [9.17, 15) is 4.79 Å². The molecule has 5 rings (SSSR count). The van der Waals surface area contributed by atoms with Crippen LogP contribution in [0.3, 0.4) is 0 Å². The SMILES string of the molecule is CC(=O)N(Cc1csc(-c2cc3cc(OCc4ccccc4Cc4nn[nH]n4)ccc3o2)n1)C(C)(C)C. The molecule has 37 heavy (non-hydrogen) atoms. The Morgan fingerprint density at radius 1 is 1.14 bits per heavy atom. The summed E-state index contributed by atoms with van der Waals surface area (Å²) < 4.78 is 12.2. The number of ether oxygens (including phenoxy) is 1. The van der Waals surface area contributed by atoms with Crippen LogP contribution in [0.2, 0.25) is 0 Å². The first kappa shape index (κ1) is 24.6. The van der Waals surface area contributed by atoms with Crippen molar-refractivity contribution in [2.75, 3.05) is 0 Å². The topological polar surface area (TPSA) is 110 Å². The van der Waals surface area contributed by atoms with Gasteiger partial charge in [0, 0.05) is 29.6 Å². The standard InChI is InChI=1S/C27H28N6O3S/c1-17(34)33(27(2,3)4)14-21-16-37-26(28-21)24-12-20-11-22(9-10-23(20)36-24)35-15-19-8-6-5-7-18(19)13-25-29-31-32-30-25/h5-12,16H,13-15H2,1-4H3,(H,29,30,31,32). The maximum absolute atomic E-state index is 12.1. The van der Waals surface area contributed by atoms with Crippen molar-refractivity contribution in [1.29, 1.82) is 0 Å². The van der Waals surface area contributed by atoms with E-state index in [0.29, 0.717) is 31.2 Å². The summed E-state index contributed by atoms with van der Waals surface area (Å²) >= 11 is 1.51. The van der Waals surface area contributed by atoms with E-state index in [2.05, 4.69) is 20.6 Å². The van der Waals surface area contributed by atoms with Gasteiger partial charge >= 0.3 is 0 Å². The number of furan rings is 1. The number of nitrogens with one attached hydrogen (secondary N) is 1. The molecule has 0 fully saturated rings. The number of aromatic amines is 1. The number of carbonyl (C=O) groups excluding carboxylic acids is 1. The van der Waals surface area contributed by atoms with Gasteiger partial charge in [-0.25, -0.2) is 4.98 Å². The van der Waals surface area contributed by atoms with E-state index in [1.807, 2.05) is 79.6 Å². The number of nitrogens with zero attached hydrogens (tertiary/aromatic N) is 5. The van der Waals surface area contributed by atoms with E-state index in [-0.39, 0.29) is 11.4 Å². The number of hydrogen-bond donors (Lipinski definition) is 1. The summed E-state index contributed by atoms with van der Waals surface area (Å²) in [6.45, 7) is 8.53. The largest absolute Gasteiger partial charge is 0.489 e. The van der Waals surface area contributed by atoms with Crippen molar-refractivity contribution < 1.29 is 13.9 Å². The van der Waals surface area contributed by atoms with Crippen molar-refractivity contribution in [1.82, 2.24) is 30.5 Å². The Morgan fingerprint density at radius 3 is 2.68 bits per heavy atom. The minimum atomic E-state index is -0.279. The highest BCUT2D eigenvalue weighted by Gasteiger charge is 2.25. The molecule has 0 atom stereocenters. The van der Waals surface area contributed by atoms with E-state index < -0.39 is 0 Å². The third-order valence-electron chi connectivity index (χ3n) is 6.01. The van der Waals surface area contributed by atoms with Gasteiger partial charge in [-0.15, -0.1) is 21.5 Å². The van der Waals surface area contributed by atoms with Crippen LogP contribution in [0.1, 0.15) is 50.3 Å². The van der Waals surface area contributed by atoms with Crippen LogP contribution in [0.4, 0.5) is 0 Å². The third-order valence-corrected chi connectivity index (χ3v) is 6.92. The zero-order valence-corrected chi connectivity index (χ0v) is 22.0. The molecule has 10 heteroatoms. The summed E-state index contributed by atoms with van der Waals surface area (Å²) in [6.07, 6.45) is 0.579. The minimum absolute atomic E-state index is 0.0238. The molecule has 0 radical (unpaired) electrons. The fourth-order valence-corrected chi connectivity index (χ4v) is 4.91. The molecule has 3 heterocycles. The van der Waals surface area contributed by atoms with Gasteiger partial charge in [0.1, 0.15) is 17.9 Å². The fraction of sp³-hybridized carbons (Fsp3) is 0.296. The molecule has 0 unspecified atom stereocenters. The van der Waals surface area contributed by atoms with Gasteiger partial charge in [-0.2, -0.15) is 5.21 Å². The molecule has 3 aromatic heterocycles. The Balaban J connectivity index is 1.30. The van der Waals surface area contributed by atoms with Gasteiger partial charge in [-0.1, -0.05) is 29.5 Å². The summed E-state index contributed by atoms with van der Waals surface area (Å²) in [4.78, 5) is 18.7. The summed E-state index contributed by atoms with van der Waals surface area (Å²) in [6, 6.07) is 15.8. The van der Waals surface area contributed by atoms with Crippen LogP contribution in [0.5, 0.6) is 5.75 Å². The molecule has 0 bridgehead atoms. The molecule has 1 N–H and O–H groups in total. The van der Waals surface area contributed by atoms with Crippen molar-refractivity contribution >= 4 is 28.2 Å². The number of hydrogen-bond acceptors (Lipinski definition) is 8. The minimum Gasteiger partial charge on any atom is -0.489 e. The monoisotopic (exact) mass is 516 g/mol. The average Bonchev–Trinajstić information content (AvgIpc) is 3.61. The number of fused-ring (bicyclic) bond motifs is 1. The van der Waals surface area contributed by atoms with Crippen LogP contribution < -0.4 is 4.74 Å². The summed E-state index contributed by atoms with van der Waals surface area (Å²) in [5.74, 6) is 2.10. The van der Waals surface area contributed by atoms with Crippen LogP contribution in [0, 0.1) is 0 Å². The van der Waals surface area contributed by atoms with Crippen molar-refractivity contribution in [3.8, 4) is 16.5 Å². The summed E-state index contributed by atoms with van der Waals surface area (Å²) in [5, 5.41) is 17.9. The second-order valence-electron chi connectivity index (χ2n) is 9.79. The quantitative estimate of drug-likeness (QED) is 0.295. The number of tetrazole rings is 1. The molecule has 0 aliphatic heterocycles. The Bertz CT molecular complexity index is 1520. The highest BCUT2D eigenvalue weighted by molar-refractivity contribution is 7.13. The Kier molecular flexibility index (Phi) is 6.75.